The van der Waals surface area contributed by atoms with Crippen LogP contribution in [0.2, 0.25) is 13.1 Å². The zero-order chi connectivity index (χ0) is 9.97. The second-order valence-electron chi connectivity index (χ2n) is 5.10. The van der Waals surface area contributed by atoms with Crippen LogP contribution in [-0.4, -0.2) is 15.6 Å². The second-order valence-corrected chi connectivity index (χ2v) is 7.53. The predicted molar refractivity (Wildman–Crippen MR) is 62.9 cm³/mol. The maximum absolute atomic E-state index is 5.70. The van der Waals surface area contributed by atoms with Gasteiger partial charge >= 0.3 is 0 Å². The van der Waals surface area contributed by atoms with Crippen LogP contribution < -0.4 is 0 Å². The van der Waals surface area contributed by atoms with E-state index in [-0.39, 0.29) is 0 Å². The lowest BCUT2D eigenvalue weighted by molar-refractivity contribution is 0.288. The molecule has 0 aromatic rings. The standard InChI is InChI=1S/C12H22OSi/c1-14(2)13-7-3-4-11-8-10-5-6-12(11)9-10/h5-6,10-12,14H,3-4,7-9H2,1-2H3. The van der Waals surface area contributed by atoms with Crippen molar-refractivity contribution in [2.24, 2.45) is 17.8 Å². The molecule has 14 heavy (non-hydrogen) atoms. The number of fused-ring (bicyclic) bond motifs is 2. The molecule has 2 aliphatic carbocycles. The first kappa shape index (κ1) is 10.4. The lowest BCUT2D eigenvalue weighted by Crippen LogP contribution is -2.12. The summed E-state index contributed by atoms with van der Waals surface area (Å²) in [5, 5.41) is 0. The van der Waals surface area contributed by atoms with Gasteiger partial charge in [-0.3, -0.25) is 0 Å². The van der Waals surface area contributed by atoms with Crippen LogP contribution in [0.3, 0.4) is 0 Å². The Labute approximate surface area is 89.3 Å². The molecule has 2 aliphatic rings. The maximum Gasteiger partial charge on any atom is 0.170 e. The fourth-order valence-corrected chi connectivity index (χ4v) is 3.53. The van der Waals surface area contributed by atoms with E-state index in [9.17, 15) is 0 Å². The van der Waals surface area contributed by atoms with Crippen molar-refractivity contribution in [2.45, 2.75) is 38.8 Å². The van der Waals surface area contributed by atoms with Crippen molar-refractivity contribution in [3.8, 4) is 0 Å². The highest BCUT2D eigenvalue weighted by atomic mass is 28.3. The Kier molecular flexibility index (Phi) is 3.45. The normalized spacial score (nSPS) is 34.6. The second kappa shape index (κ2) is 4.62. The highest BCUT2D eigenvalue weighted by Crippen LogP contribution is 2.45. The van der Waals surface area contributed by atoms with E-state index in [1.807, 2.05) is 0 Å². The van der Waals surface area contributed by atoms with E-state index >= 15 is 0 Å². The lowest BCUT2D eigenvalue weighted by Gasteiger charge is -2.17. The largest absolute Gasteiger partial charge is 0.421 e. The summed E-state index contributed by atoms with van der Waals surface area (Å²) in [7, 11) is -0.764. The van der Waals surface area contributed by atoms with Crippen molar-refractivity contribution < 1.29 is 4.43 Å². The van der Waals surface area contributed by atoms with Crippen molar-refractivity contribution in [3.05, 3.63) is 12.2 Å². The van der Waals surface area contributed by atoms with Crippen LogP contribution in [0.25, 0.3) is 0 Å². The molecule has 0 aromatic heterocycles. The molecular formula is C12H22OSi. The zero-order valence-corrected chi connectivity index (χ0v) is 10.6. The van der Waals surface area contributed by atoms with Gasteiger partial charge in [-0.15, -0.1) is 0 Å². The average molecular weight is 210 g/mol. The van der Waals surface area contributed by atoms with E-state index in [0.29, 0.717) is 0 Å². The molecule has 1 saturated carbocycles. The lowest BCUT2D eigenvalue weighted by atomic mass is 9.90. The van der Waals surface area contributed by atoms with Crippen LogP contribution in [0.1, 0.15) is 25.7 Å². The van der Waals surface area contributed by atoms with E-state index in [1.165, 1.54) is 25.7 Å². The summed E-state index contributed by atoms with van der Waals surface area (Å²) in [5.74, 6) is 2.85. The Morgan fingerprint density at radius 1 is 1.29 bits per heavy atom. The quantitative estimate of drug-likeness (QED) is 0.385. The van der Waals surface area contributed by atoms with Crippen molar-refractivity contribution >= 4 is 9.04 Å². The van der Waals surface area contributed by atoms with Crippen molar-refractivity contribution in [1.29, 1.82) is 0 Å². The van der Waals surface area contributed by atoms with E-state index in [1.54, 1.807) is 0 Å². The average Bonchev–Trinajstić information content (AvgIpc) is 2.73. The van der Waals surface area contributed by atoms with Gasteiger partial charge in [0.1, 0.15) is 0 Å². The third-order valence-corrected chi connectivity index (χ3v) is 4.49. The minimum atomic E-state index is -0.764. The molecule has 2 rings (SSSR count). The first-order chi connectivity index (χ1) is 6.75. The Hall–Kier alpha value is -0.0831. The summed E-state index contributed by atoms with van der Waals surface area (Å²) < 4.78 is 5.70. The van der Waals surface area contributed by atoms with Gasteiger partial charge in [0.05, 0.1) is 0 Å². The van der Waals surface area contributed by atoms with E-state index in [2.05, 4.69) is 25.2 Å². The number of hydrogen-bond acceptors (Lipinski definition) is 1. The molecule has 0 heterocycles. The fourth-order valence-electron chi connectivity index (χ4n) is 2.89. The Balaban J connectivity index is 1.61. The summed E-state index contributed by atoms with van der Waals surface area (Å²) in [6.45, 7) is 5.52. The third kappa shape index (κ3) is 2.48. The number of allylic oxidation sites excluding steroid dienone is 2. The molecule has 3 atom stereocenters. The van der Waals surface area contributed by atoms with Gasteiger partial charge in [0.2, 0.25) is 0 Å². The van der Waals surface area contributed by atoms with Gasteiger partial charge in [0.25, 0.3) is 0 Å². The molecule has 0 radical (unpaired) electrons. The van der Waals surface area contributed by atoms with Gasteiger partial charge in [0.15, 0.2) is 9.04 Å². The highest BCUT2D eigenvalue weighted by Gasteiger charge is 2.34. The van der Waals surface area contributed by atoms with Crippen LogP contribution in [0.15, 0.2) is 12.2 Å². The van der Waals surface area contributed by atoms with Crippen LogP contribution in [0.4, 0.5) is 0 Å². The molecule has 2 heteroatoms. The van der Waals surface area contributed by atoms with Gasteiger partial charge in [-0.2, -0.15) is 0 Å². The smallest absolute Gasteiger partial charge is 0.170 e. The Morgan fingerprint density at radius 3 is 2.71 bits per heavy atom. The maximum atomic E-state index is 5.70. The van der Waals surface area contributed by atoms with Gasteiger partial charge in [-0.05, 0) is 56.5 Å². The highest BCUT2D eigenvalue weighted by molar-refractivity contribution is 6.48. The molecule has 1 nitrogen and oxygen atoms in total. The van der Waals surface area contributed by atoms with Gasteiger partial charge in [-0.25, -0.2) is 0 Å². The number of rotatable bonds is 5. The molecule has 80 valence electrons. The molecule has 0 spiro atoms. The SMILES string of the molecule is C[SiH](C)OCCCC1CC2C=CC1C2. The van der Waals surface area contributed by atoms with Crippen LogP contribution >= 0.6 is 0 Å². The van der Waals surface area contributed by atoms with Crippen molar-refractivity contribution in [3.63, 3.8) is 0 Å². The van der Waals surface area contributed by atoms with Crippen molar-refractivity contribution in [2.75, 3.05) is 6.61 Å². The summed E-state index contributed by atoms with van der Waals surface area (Å²) in [6, 6.07) is 0. The Bertz CT molecular complexity index is 212. The van der Waals surface area contributed by atoms with Gasteiger partial charge in [-0.1, -0.05) is 12.2 Å². The molecule has 0 N–H and O–H groups in total. The monoisotopic (exact) mass is 210 g/mol. The number of hydrogen-bond donors (Lipinski definition) is 0. The van der Waals surface area contributed by atoms with Crippen LogP contribution in [-0.2, 0) is 4.43 Å². The summed E-state index contributed by atoms with van der Waals surface area (Å²) >= 11 is 0. The molecule has 2 bridgehead atoms. The first-order valence-electron chi connectivity index (χ1n) is 6.05. The molecule has 0 aliphatic heterocycles. The minimum absolute atomic E-state index is 0.764. The van der Waals surface area contributed by atoms with Gasteiger partial charge < -0.3 is 4.43 Å². The minimum Gasteiger partial charge on any atom is -0.421 e. The molecule has 3 unspecified atom stereocenters. The van der Waals surface area contributed by atoms with Crippen LogP contribution in [0, 0.1) is 17.8 Å². The zero-order valence-electron chi connectivity index (χ0n) is 9.41. The van der Waals surface area contributed by atoms with E-state index < -0.39 is 9.04 Å². The Morgan fingerprint density at radius 2 is 2.14 bits per heavy atom. The molecule has 1 fully saturated rings. The molecule has 0 saturated heterocycles. The third-order valence-electron chi connectivity index (χ3n) is 3.59. The fraction of sp³-hybridized carbons (Fsp3) is 0.833. The van der Waals surface area contributed by atoms with E-state index in [4.69, 9.17) is 4.43 Å². The van der Waals surface area contributed by atoms with E-state index in [0.717, 1.165) is 24.4 Å². The molecular weight excluding hydrogens is 188 g/mol. The molecule has 0 amide bonds. The van der Waals surface area contributed by atoms with Crippen LogP contribution in [0.5, 0.6) is 0 Å². The van der Waals surface area contributed by atoms with Crippen molar-refractivity contribution in [1.82, 2.24) is 0 Å². The molecule has 0 aromatic carbocycles. The predicted octanol–water partition coefficient (Wildman–Crippen LogP) is 2.98. The summed E-state index contributed by atoms with van der Waals surface area (Å²) in [4.78, 5) is 0. The summed E-state index contributed by atoms with van der Waals surface area (Å²) in [6.07, 6.45) is 10.5. The summed E-state index contributed by atoms with van der Waals surface area (Å²) in [5.41, 5.74) is 0. The first-order valence-corrected chi connectivity index (χ1v) is 8.83. The van der Waals surface area contributed by atoms with Gasteiger partial charge in [0, 0.05) is 6.61 Å². The topological polar surface area (TPSA) is 9.23 Å².